The molecule has 0 radical (unpaired) electrons. The molecule has 1 aliphatic carbocycles. The lowest BCUT2D eigenvalue weighted by Crippen LogP contribution is -2.13. The number of carbonyl (C=O) groups is 1. The Bertz CT molecular complexity index is 486. The summed E-state index contributed by atoms with van der Waals surface area (Å²) >= 11 is 0. The number of hydrogen-bond acceptors (Lipinski definition) is 2. The predicted molar refractivity (Wildman–Crippen MR) is 77.6 cm³/mol. The van der Waals surface area contributed by atoms with E-state index in [0.717, 1.165) is 24.8 Å². The van der Waals surface area contributed by atoms with Crippen LogP contribution in [0.4, 0.5) is 0 Å². The molecule has 0 fully saturated rings. The van der Waals surface area contributed by atoms with Crippen molar-refractivity contribution >= 4 is 5.78 Å². The van der Waals surface area contributed by atoms with Crippen LogP contribution in [0.2, 0.25) is 0 Å². The highest BCUT2D eigenvalue weighted by Gasteiger charge is 2.20. The van der Waals surface area contributed by atoms with Crippen LogP contribution in [-0.4, -0.2) is 11.9 Å². The predicted octanol–water partition coefficient (Wildman–Crippen LogP) is 4.40. The van der Waals surface area contributed by atoms with E-state index < -0.39 is 0 Å². The largest absolute Gasteiger partial charge is 0.490 e. The normalized spacial score (nSPS) is 19.2. The average molecular weight is 258 g/mol. The Kier molecular flexibility index (Phi) is 4.41. The fraction of sp³-hybridized carbons (Fsp3) is 0.471. The van der Waals surface area contributed by atoms with Gasteiger partial charge < -0.3 is 4.74 Å². The van der Waals surface area contributed by atoms with Gasteiger partial charge >= 0.3 is 0 Å². The lowest BCUT2D eigenvalue weighted by atomic mass is 9.87. The molecular formula is C17H22O2. The number of ether oxygens (including phenoxy) is 1. The molecule has 1 aromatic carbocycles. The van der Waals surface area contributed by atoms with E-state index in [9.17, 15) is 4.79 Å². The zero-order valence-corrected chi connectivity index (χ0v) is 12.0. The van der Waals surface area contributed by atoms with Crippen molar-refractivity contribution in [3.63, 3.8) is 0 Å². The lowest BCUT2D eigenvalue weighted by Gasteiger charge is -2.19. The third-order valence-electron chi connectivity index (χ3n) is 3.46. The van der Waals surface area contributed by atoms with Gasteiger partial charge in [0.25, 0.3) is 0 Å². The molecule has 0 aromatic heterocycles. The SMILES string of the molecule is CC1CC=C(C(=O)c2ccccc2OC(C)C)CC1. The first-order valence-electron chi connectivity index (χ1n) is 7.07. The van der Waals surface area contributed by atoms with Crippen molar-refractivity contribution in [2.75, 3.05) is 0 Å². The van der Waals surface area contributed by atoms with Gasteiger partial charge in [0.1, 0.15) is 5.75 Å². The molecule has 19 heavy (non-hydrogen) atoms. The van der Waals surface area contributed by atoms with Crippen LogP contribution in [0.1, 0.15) is 50.4 Å². The second kappa shape index (κ2) is 6.05. The number of allylic oxidation sites excluding steroid dienone is 2. The molecule has 0 saturated carbocycles. The molecule has 0 heterocycles. The maximum absolute atomic E-state index is 12.6. The Morgan fingerprint density at radius 1 is 1.32 bits per heavy atom. The minimum atomic E-state index is 0.0781. The topological polar surface area (TPSA) is 26.3 Å². The van der Waals surface area contributed by atoms with E-state index in [2.05, 4.69) is 13.0 Å². The summed E-state index contributed by atoms with van der Waals surface area (Å²) in [5, 5.41) is 0. The van der Waals surface area contributed by atoms with Gasteiger partial charge in [-0.15, -0.1) is 0 Å². The molecule has 0 spiro atoms. The molecule has 0 N–H and O–H groups in total. The average Bonchev–Trinajstić information content (AvgIpc) is 2.39. The van der Waals surface area contributed by atoms with Crippen LogP contribution in [0.25, 0.3) is 0 Å². The number of Topliss-reactive ketones (excluding diaryl/α,β-unsaturated/α-hetero) is 1. The summed E-state index contributed by atoms with van der Waals surface area (Å²) in [5.41, 5.74) is 1.63. The smallest absolute Gasteiger partial charge is 0.192 e. The Balaban J connectivity index is 2.24. The number of carbonyl (C=O) groups excluding carboxylic acids is 1. The van der Waals surface area contributed by atoms with E-state index >= 15 is 0 Å². The highest BCUT2D eigenvalue weighted by atomic mass is 16.5. The minimum Gasteiger partial charge on any atom is -0.490 e. The quantitative estimate of drug-likeness (QED) is 0.748. The number of benzene rings is 1. The van der Waals surface area contributed by atoms with E-state index in [1.165, 1.54) is 0 Å². The number of hydrogen-bond donors (Lipinski definition) is 0. The lowest BCUT2D eigenvalue weighted by molar-refractivity contribution is 0.102. The highest BCUT2D eigenvalue weighted by molar-refractivity contribution is 6.10. The van der Waals surface area contributed by atoms with Gasteiger partial charge in [0, 0.05) is 0 Å². The van der Waals surface area contributed by atoms with Crippen LogP contribution >= 0.6 is 0 Å². The van der Waals surface area contributed by atoms with Gasteiger partial charge in [-0.2, -0.15) is 0 Å². The van der Waals surface area contributed by atoms with Crippen molar-refractivity contribution in [2.24, 2.45) is 5.92 Å². The fourth-order valence-electron chi connectivity index (χ4n) is 2.36. The monoisotopic (exact) mass is 258 g/mol. The van der Waals surface area contributed by atoms with Crippen molar-refractivity contribution in [3.8, 4) is 5.75 Å². The molecule has 0 aliphatic heterocycles. The second-order valence-electron chi connectivity index (χ2n) is 5.60. The van der Waals surface area contributed by atoms with Crippen LogP contribution in [0.5, 0.6) is 5.75 Å². The minimum absolute atomic E-state index is 0.0781. The fourth-order valence-corrected chi connectivity index (χ4v) is 2.36. The van der Waals surface area contributed by atoms with Crippen molar-refractivity contribution in [2.45, 2.75) is 46.1 Å². The van der Waals surface area contributed by atoms with Crippen LogP contribution in [0.15, 0.2) is 35.9 Å². The molecule has 2 rings (SSSR count). The van der Waals surface area contributed by atoms with E-state index in [1.54, 1.807) is 0 Å². The summed E-state index contributed by atoms with van der Waals surface area (Å²) in [7, 11) is 0. The molecule has 102 valence electrons. The van der Waals surface area contributed by atoms with E-state index in [0.29, 0.717) is 17.2 Å². The standard InChI is InChI=1S/C17H22O2/c1-12(2)19-16-7-5-4-6-15(16)17(18)14-10-8-13(3)9-11-14/h4-7,10,12-13H,8-9,11H2,1-3H3. The van der Waals surface area contributed by atoms with Crippen molar-refractivity contribution < 1.29 is 9.53 Å². The first-order valence-corrected chi connectivity index (χ1v) is 7.07. The highest BCUT2D eigenvalue weighted by Crippen LogP contribution is 2.28. The molecule has 1 atom stereocenters. The Labute approximate surface area is 115 Å². The first-order chi connectivity index (χ1) is 9.08. The van der Waals surface area contributed by atoms with Crippen LogP contribution in [0, 0.1) is 5.92 Å². The number of ketones is 1. The Hall–Kier alpha value is -1.57. The third kappa shape index (κ3) is 3.46. The molecule has 1 aromatic rings. The van der Waals surface area contributed by atoms with Crippen molar-refractivity contribution in [1.82, 2.24) is 0 Å². The summed E-state index contributed by atoms with van der Waals surface area (Å²) in [6.07, 6.45) is 5.17. The van der Waals surface area contributed by atoms with Gasteiger partial charge in [-0.05, 0) is 56.7 Å². The Morgan fingerprint density at radius 2 is 2.05 bits per heavy atom. The van der Waals surface area contributed by atoms with E-state index in [-0.39, 0.29) is 11.9 Å². The van der Waals surface area contributed by atoms with Crippen LogP contribution in [-0.2, 0) is 0 Å². The van der Waals surface area contributed by atoms with E-state index in [4.69, 9.17) is 4.74 Å². The first kappa shape index (κ1) is 13.9. The summed E-state index contributed by atoms with van der Waals surface area (Å²) < 4.78 is 5.73. The van der Waals surface area contributed by atoms with Gasteiger partial charge in [-0.3, -0.25) is 4.79 Å². The molecular weight excluding hydrogens is 236 g/mol. The van der Waals surface area contributed by atoms with Crippen LogP contribution < -0.4 is 4.74 Å². The molecule has 2 heteroatoms. The van der Waals surface area contributed by atoms with Crippen LogP contribution in [0.3, 0.4) is 0 Å². The Morgan fingerprint density at radius 3 is 2.68 bits per heavy atom. The van der Waals surface area contributed by atoms with Gasteiger partial charge in [-0.25, -0.2) is 0 Å². The number of rotatable bonds is 4. The van der Waals surface area contributed by atoms with E-state index in [1.807, 2.05) is 38.1 Å². The summed E-state index contributed by atoms with van der Waals surface area (Å²) in [5.74, 6) is 1.52. The maximum Gasteiger partial charge on any atom is 0.192 e. The van der Waals surface area contributed by atoms with Gasteiger partial charge in [0.15, 0.2) is 5.78 Å². The molecule has 0 saturated heterocycles. The molecule has 0 amide bonds. The molecule has 0 bridgehead atoms. The molecule has 1 unspecified atom stereocenters. The van der Waals surface area contributed by atoms with Gasteiger partial charge in [0.05, 0.1) is 11.7 Å². The summed E-state index contributed by atoms with van der Waals surface area (Å²) in [6.45, 7) is 6.18. The molecule has 2 nitrogen and oxygen atoms in total. The van der Waals surface area contributed by atoms with Gasteiger partial charge in [-0.1, -0.05) is 25.1 Å². The zero-order chi connectivity index (χ0) is 13.8. The van der Waals surface area contributed by atoms with Crippen molar-refractivity contribution in [1.29, 1.82) is 0 Å². The second-order valence-corrected chi connectivity index (χ2v) is 5.60. The maximum atomic E-state index is 12.6. The molecule has 1 aliphatic rings. The summed E-state index contributed by atoms with van der Waals surface area (Å²) in [4.78, 5) is 12.6. The third-order valence-corrected chi connectivity index (χ3v) is 3.46. The number of para-hydroxylation sites is 1. The van der Waals surface area contributed by atoms with Gasteiger partial charge in [0.2, 0.25) is 0 Å². The van der Waals surface area contributed by atoms with Crippen molar-refractivity contribution in [3.05, 3.63) is 41.5 Å². The summed E-state index contributed by atoms with van der Waals surface area (Å²) in [6, 6.07) is 7.54. The zero-order valence-electron chi connectivity index (χ0n) is 12.0.